The van der Waals surface area contributed by atoms with Crippen LogP contribution in [0.3, 0.4) is 0 Å². The number of aliphatic carboxylic acids is 1. The second kappa shape index (κ2) is 2.86. The Bertz CT molecular complexity index is 171. The molecular formula is C5H6NO3. The topological polar surface area (TPSA) is 78.2 Å². The quantitative estimate of drug-likeness (QED) is 0.524. The van der Waals surface area contributed by atoms with E-state index in [1.54, 1.807) is 0 Å². The molecule has 1 amide bonds. The SMILES string of the molecule is C/C(=C/C(=O)O)C([NH])=O. The van der Waals surface area contributed by atoms with Gasteiger partial charge in [-0.15, -0.1) is 0 Å². The fourth-order valence-electron chi connectivity index (χ4n) is 0.251. The molecule has 0 aliphatic heterocycles. The molecule has 0 atom stereocenters. The fraction of sp³-hybridized carbons (Fsp3) is 0.200. The van der Waals surface area contributed by atoms with Crippen molar-refractivity contribution in [2.24, 2.45) is 0 Å². The molecule has 4 nitrogen and oxygen atoms in total. The number of nitrogens with one attached hydrogen (secondary N) is 1. The molecule has 0 saturated heterocycles. The van der Waals surface area contributed by atoms with Crippen LogP contribution in [-0.4, -0.2) is 17.0 Å². The largest absolute Gasteiger partial charge is 0.478 e. The number of hydrogen-bond acceptors (Lipinski definition) is 2. The number of hydrogen-bond donors (Lipinski definition) is 1. The molecule has 0 aromatic heterocycles. The number of carbonyl (C=O) groups is 2. The Labute approximate surface area is 52.0 Å². The molecule has 0 heterocycles. The average molecular weight is 128 g/mol. The van der Waals surface area contributed by atoms with Crippen molar-refractivity contribution in [3.8, 4) is 0 Å². The highest BCUT2D eigenvalue weighted by atomic mass is 16.4. The summed E-state index contributed by atoms with van der Waals surface area (Å²) in [5.41, 5.74) is 6.34. The van der Waals surface area contributed by atoms with Gasteiger partial charge < -0.3 is 5.11 Å². The average Bonchev–Trinajstić information content (AvgIpc) is 1.63. The van der Waals surface area contributed by atoms with E-state index in [-0.39, 0.29) is 5.57 Å². The van der Waals surface area contributed by atoms with Gasteiger partial charge in [-0.05, 0) is 6.92 Å². The highest BCUT2D eigenvalue weighted by Crippen LogP contribution is 1.89. The van der Waals surface area contributed by atoms with E-state index in [1.165, 1.54) is 6.92 Å². The second-order valence-electron chi connectivity index (χ2n) is 1.49. The summed E-state index contributed by atoms with van der Waals surface area (Å²) >= 11 is 0. The Kier molecular flexibility index (Phi) is 2.44. The predicted molar refractivity (Wildman–Crippen MR) is 29.5 cm³/mol. The van der Waals surface area contributed by atoms with Crippen LogP contribution in [0.2, 0.25) is 0 Å². The molecule has 0 bridgehead atoms. The molecule has 0 aliphatic rings. The predicted octanol–water partition coefficient (Wildman–Crippen LogP) is -0.173. The third kappa shape index (κ3) is 3.28. The van der Waals surface area contributed by atoms with Crippen molar-refractivity contribution in [3.05, 3.63) is 11.6 Å². The van der Waals surface area contributed by atoms with Crippen LogP contribution in [0, 0.1) is 0 Å². The summed E-state index contributed by atoms with van der Waals surface area (Å²) in [4.78, 5) is 19.8. The summed E-state index contributed by atoms with van der Waals surface area (Å²) < 4.78 is 0. The maximum Gasteiger partial charge on any atom is 0.328 e. The van der Waals surface area contributed by atoms with Crippen LogP contribution in [-0.2, 0) is 9.59 Å². The van der Waals surface area contributed by atoms with E-state index in [9.17, 15) is 9.59 Å². The minimum atomic E-state index is -1.20. The second-order valence-corrected chi connectivity index (χ2v) is 1.49. The van der Waals surface area contributed by atoms with Gasteiger partial charge in [-0.25, -0.2) is 4.79 Å². The van der Waals surface area contributed by atoms with E-state index in [0.717, 1.165) is 0 Å². The number of amides is 1. The zero-order valence-corrected chi connectivity index (χ0v) is 4.84. The van der Waals surface area contributed by atoms with E-state index in [1.807, 2.05) is 0 Å². The van der Waals surface area contributed by atoms with Gasteiger partial charge in [0.25, 0.3) is 5.91 Å². The minimum Gasteiger partial charge on any atom is -0.478 e. The summed E-state index contributed by atoms with van der Waals surface area (Å²) in [7, 11) is 0. The molecule has 1 radical (unpaired) electrons. The fourth-order valence-corrected chi connectivity index (χ4v) is 0.251. The molecule has 0 unspecified atom stereocenters. The first-order valence-corrected chi connectivity index (χ1v) is 2.21. The first-order chi connectivity index (χ1) is 4.04. The van der Waals surface area contributed by atoms with Crippen LogP contribution in [0.15, 0.2) is 11.6 Å². The molecular weight excluding hydrogens is 122 g/mol. The Hall–Kier alpha value is -1.32. The Morgan fingerprint density at radius 1 is 1.56 bits per heavy atom. The van der Waals surface area contributed by atoms with Gasteiger partial charge in [0, 0.05) is 11.6 Å². The minimum absolute atomic E-state index is 0.0671. The molecule has 0 spiro atoms. The van der Waals surface area contributed by atoms with E-state index in [2.05, 4.69) is 0 Å². The van der Waals surface area contributed by atoms with Crippen LogP contribution in [0.1, 0.15) is 6.92 Å². The maximum absolute atomic E-state index is 10.0. The highest BCUT2D eigenvalue weighted by molar-refractivity contribution is 5.96. The summed E-state index contributed by atoms with van der Waals surface area (Å²) in [5, 5.41) is 8.02. The van der Waals surface area contributed by atoms with Gasteiger partial charge in [-0.1, -0.05) is 0 Å². The van der Waals surface area contributed by atoms with Crippen LogP contribution >= 0.6 is 0 Å². The van der Waals surface area contributed by atoms with Gasteiger partial charge in [-0.2, -0.15) is 0 Å². The Morgan fingerprint density at radius 3 is 2.11 bits per heavy atom. The molecule has 0 saturated carbocycles. The molecule has 2 N–H and O–H groups in total. The van der Waals surface area contributed by atoms with Gasteiger partial charge in [0.1, 0.15) is 0 Å². The van der Waals surface area contributed by atoms with Gasteiger partial charge in [0.05, 0.1) is 0 Å². The number of carboxylic acid groups (broad SMARTS) is 1. The molecule has 0 aromatic rings. The van der Waals surface area contributed by atoms with Crippen LogP contribution in [0.4, 0.5) is 0 Å². The van der Waals surface area contributed by atoms with Crippen molar-refractivity contribution in [2.45, 2.75) is 6.92 Å². The molecule has 49 valence electrons. The number of carbonyl (C=O) groups excluding carboxylic acids is 1. The molecule has 0 rings (SSSR count). The molecule has 4 heteroatoms. The lowest BCUT2D eigenvalue weighted by Gasteiger charge is -1.86. The van der Waals surface area contributed by atoms with Crippen molar-refractivity contribution in [2.75, 3.05) is 0 Å². The molecule has 9 heavy (non-hydrogen) atoms. The third-order valence-corrected chi connectivity index (χ3v) is 0.698. The maximum atomic E-state index is 10.0. The molecule has 0 fully saturated rings. The van der Waals surface area contributed by atoms with Crippen LogP contribution in [0.25, 0.3) is 0 Å². The third-order valence-electron chi connectivity index (χ3n) is 0.698. The van der Waals surface area contributed by atoms with E-state index in [0.29, 0.717) is 6.08 Å². The number of carboxylic acids is 1. The summed E-state index contributed by atoms with van der Waals surface area (Å²) in [6, 6.07) is 0. The Morgan fingerprint density at radius 2 is 2.00 bits per heavy atom. The zero-order chi connectivity index (χ0) is 7.44. The normalized spacial score (nSPS) is 11.0. The van der Waals surface area contributed by atoms with Crippen LogP contribution in [0.5, 0.6) is 0 Å². The van der Waals surface area contributed by atoms with E-state index < -0.39 is 11.9 Å². The lowest BCUT2D eigenvalue weighted by Crippen LogP contribution is -2.01. The number of rotatable bonds is 2. The summed E-state index contributed by atoms with van der Waals surface area (Å²) in [6.07, 6.45) is 0.704. The van der Waals surface area contributed by atoms with Crippen LogP contribution < -0.4 is 5.73 Å². The van der Waals surface area contributed by atoms with Gasteiger partial charge in [0.2, 0.25) is 0 Å². The highest BCUT2D eigenvalue weighted by Gasteiger charge is 1.99. The van der Waals surface area contributed by atoms with Gasteiger partial charge in [-0.3, -0.25) is 10.5 Å². The van der Waals surface area contributed by atoms with Crippen molar-refractivity contribution in [1.82, 2.24) is 5.73 Å². The van der Waals surface area contributed by atoms with Crippen molar-refractivity contribution >= 4 is 11.9 Å². The summed E-state index contributed by atoms with van der Waals surface area (Å²) in [5.74, 6) is -2.16. The van der Waals surface area contributed by atoms with Gasteiger partial charge >= 0.3 is 5.97 Å². The van der Waals surface area contributed by atoms with Crippen molar-refractivity contribution in [3.63, 3.8) is 0 Å². The molecule has 0 aliphatic carbocycles. The monoisotopic (exact) mass is 128 g/mol. The lowest BCUT2D eigenvalue weighted by atomic mass is 10.3. The van der Waals surface area contributed by atoms with Crippen molar-refractivity contribution < 1.29 is 14.7 Å². The first kappa shape index (κ1) is 7.68. The van der Waals surface area contributed by atoms with E-state index in [4.69, 9.17) is 10.8 Å². The van der Waals surface area contributed by atoms with Gasteiger partial charge in [0.15, 0.2) is 0 Å². The molecule has 0 aromatic carbocycles. The smallest absolute Gasteiger partial charge is 0.328 e. The Balaban J connectivity index is 4.17. The zero-order valence-electron chi connectivity index (χ0n) is 4.84. The standard InChI is InChI=1S/C5H6NO3/c1-3(5(6)9)2-4(7)8/h2,6H,1H3,(H,7,8)/b3-2-. The van der Waals surface area contributed by atoms with Crippen molar-refractivity contribution in [1.29, 1.82) is 0 Å². The summed E-state index contributed by atoms with van der Waals surface area (Å²) in [6.45, 7) is 1.28. The lowest BCUT2D eigenvalue weighted by molar-refractivity contribution is -0.131. The van der Waals surface area contributed by atoms with E-state index >= 15 is 0 Å². The first-order valence-electron chi connectivity index (χ1n) is 2.21.